The summed E-state index contributed by atoms with van der Waals surface area (Å²) in [7, 11) is 0. The third kappa shape index (κ3) is 4.97. The van der Waals surface area contributed by atoms with Crippen molar-refractivity contribution >= 4 is 10.9 Å². The van der Waals surface area contributed by atoms with Gasteiger partial charge in [0.05, 0.1) is 5.52 Å². The Labute approximate surface area is 203 Å². The van der Waals surface area contributed by atoms with E-state index in [1.54, 1.807) is 0 Å². The first-order valence-electron chi connectivity index (χ1n) is 11.6. The normalized spacial score (nSPS) is 11.0. The van der Waals surface area contributed by atoms with Crippen LogP contribution in [0.15, 0.2) is 72.8 Å². The molecule has 176 valence electrons. The van der Waals surface area contributed by atoms with Crippen molar-refractivity contribution in [1.29, 1.82) is 0 Å². The second-order valence-electron chi connectivity index (χ2n) is 8.05. The minimum Gasteiger partial charge on any atom is -0.492 e. The zero-order valence-electron chi connectivity index (χ0n) is 19.4. The molecule has 0 bridgehead atoms. The van der Waals surface area contributed by atoms with Crippen LogP contribution >= 0.6 is 0 Å². The summed E-state index contributed by atoms with van der Waals surface area (Å²) in [6.45, 7) is 3.44. The highest BCUT2D eigenvalue weighted by molar-refractivity contribution is 5.86. The average Bonchev–Trinajstić information content (AvgIpc) is 3.45. The minimum absolute atomic E-state index is 0.433. The fraction of sp³-hybridized carbons (Fsp3) is 0.185. The number of hydrogen-bond donors (Lipinski definition) is 2. The third-order valence-electron chi connectivity index (χ3n) is 5.72. The van der Waals surface area contributed by atoms with Crippen molar-refractivity contribution in [2.45, 2.75) is 20.0 Å². The first kappa shape index (κ1) is 22.5. The highest BCUT2D eigenvalue weighted by atomic mass is 16.5. The van der Waals surface area contributed by atoms with Crippen LogP contribution in [0.1, 0.15) is 18.2 Å². The van der Waals surface area contributed by atoms with Crippen molar-refractivity contribution in [3.63, 3.8) is 0 Å². The van der Waals surface area contributed by atoms with Crippen LogP contribution in [0.2, 0.25) is 0 Å². The van der Waals surface area contributed by atoms with Crippen LogP contribution in [-0.4, -0.2) is 38.8 Å². The molecule has 0 aliphatic heterocycles. The molecular weight excluding hydrogens is 440 g/mol. The minimum atomic E-state index is 0.433. The number of nitrogens with zero attached hydrogens (tertiary/aromatic N) is 4. The van der Waals surface area contributed by atoms with Crippen molar-refractivity contribution in [3.05, 3.63) is 84.1 Å². The zero-order valence-corrected chi connectivity index (χ0v) is 19.4. The van der Waals surface area contributed by atoms with Gasteiger partial charge in [-0.25, -0.2) is 0 Å². The SMILES string of the molecule is CCc1cc(OCc2ccc(-c3ccccc3-c3nn[nH]n3)cc2)c2cc(OCCN)ccc2n1. The standard InChI is InChI=1S/C27H26N6O2/c1-2-20-15-26(24-16-21(34-14-13-28)11-12-25(24)29-20)35-17-18-7-9-19(10-8-18)22-5-3-4-6-23(22)27-30-32-33-31-27/h3-12,15-16H,2,13-14,17,28H2,1H3,(H,30,31,32,33). The fourth-order valence-corrected chi connectivity index (χ4v) is 3.94. The van der Waals surface area contributed by atoms with Gasteiger partial charge in [-0.05, 0) is 46.5 Å². The largest absolute Gasteiger partial charge is 0.492 e. The van der Waals surface area contributed by atoms with Gasteiger partial charge in [0, 0.05) is 29.3 Å². The summed E-state index contributed by atoms with van der Waals surface area (Å²) >= 11 is 0. The van der Waals surface area contributed by atoms with Crippen molar-refractivity contribution in [1.82, 2.24) is 25.6 Å². The molecule has 0 amide bonds. The van der Waals surface area contributed by atoms with E-state index < -0.39 is 0 Å². The maximum Gasteiger partial charge on any atom is 0.205 e. The van der Waals surface area contributed by atoms with E-state index in [1.165, 1.54) is 0 Å². The summed E-state index contributed by atoms with van der Waals surface area (Å²) in [5.74, 6) is 2.11. The second kappa shape index (κ2) is 10.3. The fourth-order valence-electron chi connectivity index (χ4n) is 3.94. The molecule has 8 nitrogen and oxygen atoms in total. The molecule has 5 rings (SSSR count). The smallest absolute Gasteiger partial charge is 0.205 e. The van der Waals surface area contributed by atoms with Crippen molar-refractivity contribution in [2.75, 3.05) is 13.2 Å². The average molecular weight is 467 g/mol. The number of H-pyrrole nitrogens is 1. The number of aryl methyl sites for hydroxylation is 1. The molecule has 2 aromatic heterocycles. The topological polar surface area (TPSA) is 112 Å². The van der Waals surface area contributed by atoms with Crippen LogP contribution < -0.4 is 15.2 Å². The molecule has 0 unspecified atom stereocenters. The van der Waals surface area contributed by atoms with Gasteiger partial charge in [-0.15, -0.1) is 10.2 Å². The molecule has 35 heavy (non-hydrogen) atoms. The summed E-state index contributed by atoms with van der Waals surface area (Å²) in [5.41, 5.74) is 11.5. The Hall–Kier alpha value is -4.30. The lowest BCUT2D eigenvalue weighted by atomic mass is 9.98. The number of rotatable bonds is 9. The molecular formula is C27H26N6O2. The lowest BCUT2D eigenvalue weighted by Crippen LogP contribution is -2.10. The van der Waals surface area contributed by atoms with Crippen LogP contribution in [0.3, 0.4) is 0 Å². The van der Waals surface area contributed by atoms with Crippen LogP contribution in [0.25, 0.3) is 33.4 Å². The molecule has 0 fully saturated rings. The lowest BCUT2D eigenvalue weighted by Gasteiger charge is -2.13. The number of aromatic amines is 1. The van der Waals surface area contributed by atoms with Gasteiger partial charge >= 0.3 is 0 Å². The van der Waals surface area contributed by atoms with Crippen LogP contribution in [-0.2, 0) is 13.0 Å². The quantitative estimate of drug-likeness (QED) is 0.327. The Morgan fingerprint density at radius 3 is 2.49 bits per heavy atom. The number of ether oxygens (including phenoxy) is 2. The Bertz CT molecular complexity index is 1420. The number of fused-ring (bicyclic) bond motifs is 1. The first-order chi connectivity index (χ1) is 17.2. The molecule has 0 radical (unpaired) electrons. The molecule has 0 aliphatic rings. The van der Waals surface area contributed by atoms with E-state index in [1.807, 2.05) is 42.5 Å². The number of pyridine rings is 1. The Kier molecular flexibility index (Phi) is 6.63. The molecule has 3 aromatic carbocycles. The van der Waals surface area contributed by atoms with E-state index in [9.17, 15) is 0 Å². The first-order valence-corrected chi connectivity index (χ1v) is 11.6. The lowest BCUT2D eigenvalue weighted by molar-refractivity contribution is 0.309. The van der Waals surface area contributed by atoms with Crippen LogP contribution in [0, 0.1) is 0 Å². The van der Waals surface area contributed by atoms with Gasteiger partial charge in [0.25, 0.3) is 0 Å². The van der Waals surface area contributed by atoms with Gasteiger partial charge in [0.2, 0.25) is 5.82 Å². The maximum absolute atomic E-state index is 6.28. The van der Waals surface area contributed by atoms with E-state index in [-0.39, 0.29) is 0 Å². The van der Waals surface area contributed by atoms with Gasteiger partial charge in [0.15, 0.2) is 0 Å². The van der Waals surface area contributed by atoms with Crippen LogP contribution in [0.4, 0.5) is 0 Å². The van der Waals surface area contributed by atoms with E-state index in [4.69, 9.17) is 20.2 Å². The van der Waals surface area contributed by atoms with E-state index in [2.05, 4.69) is 57.9 Å². The number of tetrazole rings is 1. The molecule has 3 N–H and O–H groups in total. The molecule has 0 atom stereocenters. The highest BCUT2D eigenvalue weighted by Crippen LogP contribution is 2.32. The Morgan fingerprint density at radius 1 is 0.914 bits per heavy atom. The Balaban J connectivity index is 1.38. The summed E-state index contributed by atoms with van der Waals surface area (Å²) in [6.07, 6.45) is 0.826. The number of benzene rings is 3. The monoisotopic (exact) mass is 466 g/mol. The van der Waals surface area contributed by atoms with Gasteiger partial charge in [0.1, 0.15) is 24.7 Å². The number of hydrogen-bond acceptors (Lipinski definition) is 7. The number of nitrogens with two attached hydrogens (primary N) is 1. The predicted octanol–water partition coefficient (Wildman–Crippen LogP) is 4.56. The molecule has 0 aliphatic carbocycles. The van der Waals surface area contributed by atoms with Gasteiger partial charge in [-0.1, -0.05) is 55.5 Å². The van der Waals surface area contributed by atoms with E-state index in [0.29, 0.717) is 25.6 Å². The maximum atomic E-state index is 6.28. The van der Waals surface area contributed by atoms with Gasteiger partial charge < -0.3 is 15.2 Å². The highest BCUT2D eigenvalue weighted by Gasteiger charge is 2.12. The summed E-state index contributed by atoms with van der Waals surface area (Å²) in [6, 6.07) is 24.2. The molecule has 0 saturated carbocycles. The molecule has 0 saturated heterocycles. The summed E-state index contributed by atoms with van der Waals surface area (Å²) in [4.78, 5) is 4.73. The zero-order chi connectivity index (χ0) is 24.0. The molecule has 5 aromatic rings. The van der Waals surface area contributed by atoms with Crippen molar-refractivity contribution < 1.29 is 9.47 Å². The number of nitrogens with one attached hydrogen (secondary N) is 1. The molecule has 2 heterocycles. The summed E-state index contributed by atoms with van der Waals surface area (Å²) in [5, 5.41) is 15.4. The third-order valence-corrected chi connectivity index (χ3v) is 5.72. The summed E-state index contributed by atoms with van der Waals surface area (Å²) < 4.78 is 12.0. The van der Waals surface area contributed by atoms with Crippen molar-refractivity contribution in [3.8, 4) is 34.0 Å². The predicted molar refractivity (Wildman–Crippen MR) is 135 cm³/mol. The number of aromatic nitrogens is 5. The van der Waals surface area contributed by atoms with Gasteiger partial charge in [-0.2, -0.15) is 5.21 Å². The Morgan fingerprint density at radius 2 is 1.74 bits per heavy atom. The van der Waals surface area contributed by atoms with Crippen molar-refractivity contribution in [2.24, 2.45) is 5.73 Å². The second-order valence-corrected chi connectivity index (χ2v) is 8.05. The van der Waals surface area contributed by atoms with Crippen LogP contribution in [0.5, 0.6) is 11.5 Å². The van der Waals surface area contributed by atoms with E-state index in [0.717, 1.165) is 56.8 Å². The van der Waals surface area contributed by atoms with Gasteiger partial charge in [-0.3, -0.25) is 4.98 Å². The van der Waals surface area contributed by atoms with E-state index >= 15 is 0 Å². The molecule has 8 heteroatoms. The molecule has 0 spiro atoms.